The van der Waals surface area contributed by atoms with Gasteiger partial charge in [-0.05, 0) is 0 Å². The molecule has 13 heavy (non-hydrogen) atoms. The van der Waals surface area contributed by atoms with Crippen LogP contribution in [-0.2, 0) is 9.59 Å². The van der Waals surface area contributed by atoms with E-state index in [1.165, 1.54) is 0 Å². The third-order valence-electron chi connectivity index (χ3n) is 0.918. The molecule has 8 heteroatoms. The largest absolute Gasteiger partial charge is 0.480 e. The quantitative estimate of drug-likeness (QED) is 0.346. The topological polar surface area (TPSA) is 98.1 Å². The minimum atomic E-state index is -1.17. The molecular formula is C5H9NNa2O5. The van der Waals surface area contributed by atoms with Crippen molar-refractivity contribution >= 4 is 71.1 Å². The smallest absolute Gasteiger partial charge is 0.317 e. The maximum absolute atomic E-state index is 10.0. The second kappa shape index (κ2) is 10.9. The van der Waals surface area contributed by atoms with E-state index in [1.807, 2.05) is 0 Å². The zero-order chi connectivity index (χ0) is 8.85. The van der Waals surface area contributed by atoms with Gasteiger partial charge in [0.25, 0.3) is 0 Å². The van der Waals surface area contributed by atoms with Gasteiger partial charge in [-0.1, -0.05) is 0 Å². The third-order valence-corrected chi connectivity index (χ3v) is 0.918. The van der Waals surface area contributed by atoms with E-state index in [0.717, 1.165) is 4.90 Å². The van der Waals surface area contributed by atoms with Crippen LogP contribution >= 0.6 is 0 Å². The first-order valence-corrected chi connectivity index (χ1v) is 2.83. The normalized spacial score (nSPS) is 8.46. The van der Waals surface area contributed by atoms with Crippen molar-refractivity contribution in [3.8, 4) is 0 Å². The van der Waals surface area contributed by atoms with Crippen LogP contribution in [0.1, 0.15) is 0 Å². The Kier molecular flexibility index (Phi) is 16.4. The number of hydrogen-bond acceptors (Lipinski definition) is 4. The molecule has 0 aromatic carbocycles. The Hall–Kier alpha value is 0.860. The molecule has 0 amide bonds. The fraction of sp³-hybridized carbons (Fsp3) is 0.600. The van der Waals surface area contributed by atoms with Crippen molar-refractivity contribution in [2.45, 2.75) is 0 Å². The second-order valence-corrected chi connectivity index (χ2v) is 1.92. The number of aliphatic hydroxyl groups excluding tert-OH is 1. The van der Waals surface area contributed by atoms with Gasteiger partial charge in [-0.25, -0.2) is 0 Å². The molecule has 0 spiro atoms. The summed E-state index contributed by atoms with van der Waals surface area (Å²) in [6, 6.07) is 0. The molecule has 0 heterocycles. The van der Waals surface area contributed by atoms with Gasteiger partial charge in [-0.2, -0.15) is 0 Å². The number of rotatable bonds is 5. The van der Waals surface area contributed by atoms with Gasteiger partial charge < -0.3 is 15.3 Å². The van der Waals surface area contributed by atoms with Crippen LogP contribution in [0.15, 0.2) is 0 Å². The van der Waals surface area contributed by atoms with Gasteiger partial charge in [0.2, 0.25) is 0 Å². The molecule has 6 nitrogen and oxygen atoms in total. The zero-order valence-electron chi connectivity index (χ0n) is 7.73. The average molecular weight is 209 g/mol. The molecule has 2 radical (unpaired) electrons. The van der Waals surface area contributed by atoms with E-state index in [0.29, 0.717) is 0 Å². The van der Waals surface area contributed by atoms with Crippen molar-refractivity contribution in [3.05, 3.63) is 0 Å². The molecular weight excluding hydrogens is 200 g/mol. The van der Waals surface area contributed by atoms with Gasteiger partial charge in [0.15, 0.2) is 0 Å². The standard InChI is InChI=1S/C5H9NO5.2Na/c7-3-6(1-4(8)9)2-5(10)11;;/h7H,1-3H2,(H,8,9)(H,10,11);;. The van der Waals surface area contributed by atoms with E-state index in [9.17, 15) is 9.59 Å². The molecule has 66 valence electrons. The zero-order valence-corrected chi connectivity index (χ0v) is 11.7. The van der Waals surface area contributed by atoms with Crippen LogP contribution in [0.3, 0.4) is 0 Å². The van der Waals surface area contributed by atoms with Gasteiger partial charge in [0, 0.05) is 59.1 Å². The molecule has 0 saturated carbocycles. The molecule has 0 atom stereocenters. The first kappa shape index (κ1) is 19.4. The SMILES string of the molecule is O=C(O)CN(CO)CC(=O)O.[Na].[Na]. The van der Waals surface area contributed by atoms with Crippen LogP contribution < -0.4 is 0 Å². The summed E-state index contributed by atoms with van der Waals surface area (Å²) in [5.41, 5.74) is 0. The van der Waals surface area contributed by atoms with E-state index >= 15 is 0 Å². The summed E-state index contributed by atoms with van der Waals surface area (Å²) >= 11 is 0. The summed E-state index contributed by atoms with van der Waals surface area (Å²) in [7, 11) is 0. The first-order chi connectivity index (χ1) is 5.06. The van der Waals surface area contributed by atoms with Gasteiger partial charge in [0.05, 0.1) is 19.8 Å². The van der Waals surface area contributed by atoms with Crippen LogP contribution in [0.2, 0.25) is 0 Å². The Morgan fingerprint density at radius 3 is 1.46 bits per heavy atom. The van der Waals surface area contributed by atoms with Crippen LogP contribution in [0.4, 0.5) is 0 Å². The molecule has 0 aliphatic carbocycles. The van der Waals surface area contributed by atoms with Gasteiger partial charge in [-0.15, -0.1) is 0 Å². The predicted molar refractivity (Wildman–Crippen MR) is 45.4 cm³/mol. The number of nitrogens with zero attached hydrogens (tertiary/aromatic N) is 1. The number of hydrogen-bond donors (Lipinski definition) is 3. The molecule has 0 aromatic heterocycles. The van der Waals surface area contributed by atoms with Crippen molar-refractivity contribution in [3.63, 3.8) is 0 Å². The number of aliphatic hydroxyl groups is 1. The van der Waals surface area contributed by atoms with E-state index < -0.39 is 31.8 Å². The molecule has 0 bridgehead atoms. The van der Waals surface area contributed by atoms with Gasteiger partial charge >= 0.3 is 11.9 Å². The van der Waals surface area contributed by atoms with E-state index in [-0.39, 0.29) is 59.1 Å². The molecule has 0 saturated heterocycles. The Balaban J connectivity index is -0.000000500. The minimum Gasteiger partial charge on any atom is -0.480 e. The molecule has 3 N–H and O–H groups in total. The van der Waals surface area contributed by atoms with Crippen LogP contribution in [0.5, 0.6) is 0 Å². The maximum Gasteiger partial charge on any atom is 0.317 e. The molecule has 0 aliphatic rings. The van der Waals surface area contributed by atoms with E-state index in [1.54, 1.807) is 0 Å². The summed E-state index contributed by atoms with van der Waals surface area (Å²) in [5.74, 6) is -2.33. The summed E-state index contributed by atoms with van der Waals surface area (Å²) in [6.07, 6.45) is 0. The Bertz CT molecular complexity index is 149. The second-order valence-electron chi connectivity index (χ2n) is 1.92. The van der Waals surface area contributed by atoms with Crippen molar-refractivity contribution < 1.29 is 24.9 Å². The van der Waals surface area contributed by atoms with Crippen LogP contribution in [0.25, 0.3) is 0 Å². The Morgan fingerprint density at radius 1 is 1.00 bits per heavy atom. The number of carboxylic acid groups (broad SMARTS) is 2. The fourth-order valence-electron chi connectivity index (χ4n) is 0.538. The van der Waals surface area contributed by atoms with Crippen molar-refractivity contribution in [2.75, 3.05) is 19.8 Å². The first-order valence-electron chi connectivity index (χ1n) is 2.83. The van der Waals surface area contributed by atoms with Crippen LogP contribution in [-0.4, -0.2) is 111 Å². The number of carbonyl (C=O) groups is 2. The monoisotopic (exact) mass is 209 g/mol. The van der Waals surface area contributed by atoms with Crippen molar-refractivity contribution in [1.29, 1.82) is 0 Å². The van der Waals surface area contributed by atoms with Crippen LogP contribution in [0, 0.1) is 0 Å². The number of aliphatic carboxylic acids is 2. The predicted octanol–water partition coefficient (Wildman–Crippen LogP) is -2.35. The summed E-state index contributed by atoms with van der Waals surface area (Å²) in [4.78, 5) is 20.9. The molecule has 0 aliphatic heterocycles. The fourth-order valence-corrected chi connectivity index (χ4v) is 0.538. The minimum absolute atomic E-state index is 0. The van der Waals surface area contributed by atoms with Gasteiger partial charge in [-0.3, -0.25) is 14.5 Å². The van der Waals surface area contributed by atoms with Crippen molar-refractivity contribution in [2.24, 2.45) is 0 Å². The molecule has 0 aromatic rings. The molecule has 0 rings (SSSR count). The Morgan fingerprint density at radius 2 is 1.31 bits per heavy atom. The van der Waals surface area contributed by atoms with E-state index in [2.05, 4.69) is 0 Å². The molecule has 0 fully saturated rings. The van der Waals surface area contributed by atoms with Crippen molar-refractivity contribution in [1.82, 2.24) is 4.90 Å². The third kappa shape index (κ3) is 12.9. The average Bonchev–Trinajstić information content (AvgIpc) is 1.84. The summed E-state index contributed by atoms with van der Waals surface area (Å²) < 4.78 is 0. The molecule has 0 unspecified atom stereocenters. The number of carboxylic acids is 2. The maximum atomic E-state index is 10.0. The Labute approximate surface area is 119 Å². The van der Waals surface area contributed by atoms with Gasteiger partial charge in [0.1, 0.15) is 0 Å². The summed E-state index contributed by atoms with van der Waals surface area (Å²) in [5, 5.41) is 24.8. The van der Waals surface area contributed by atoms with E-state index in [4.69, 9.17) is 15.3 Å². The summed E-state index contributed by atoms with van der Waals surface area (Å²) in [6.45, 7) is -1.51.